The number of nitrogens with zero attached hydrogens (tertiary/aromatic N) is 1. The predicted octanol–water partition coefficient (Wildman–Crippen LogP) is 8.31. The van der Waals surface area contributed by atoms with Crippen molar-refractivity contribution in [3.63, 3.8) is 0 Å². The van der Waals surface area contributed by atoms with E-state index in [9.17, 15) is 28.8 Å². The standard InChI is InChI=1S/C42H59N3O10/c1-10-11-12-13-14-15-16-17-18-19-20-34(54-30-22-24-32(27(2)25-30)53-28(3)46)37(48)43-29-21-23-33(52-9)31(26-29)44-38(49)35(36(47)41(4,5)6)45-39(50)42(7,8)55-40(45)51/h21-26,34-35H,10-20H2,1-9H3,(H,43,48)(H,44,49). The highest BCUT2D eigenvalue weighted by Crippen LogP contribution is 2.33. The van der Waals surface area contributed by atoms with Crippen LogP contribution in [0.25, 0.3) is 0 Å². The molecule has 3 rings (SSSR count). The first kappa shape index (κ1) is 44.5. The SMILES string of the molecule is CCCCCCCCCCCCC(Oc1ccc(OC(C)=O)c(C)c1)C(=O)Nc1ccc(OC)c(NC(=O)C(C(=O)C(C)(C)C)N2C(=O)OC(C)(C)C2=O)c1. The number of imide groups is 1. The van der Waals surface area contributed by atoms with Crippen molar-refractivity contribution in [1.82, 2.24) is 4.90 Å². The van der Waals surface area contributed by atoms with Gasteiger partial charge in [-0.2, -0.15) is 0 Å². The molecule has 4 amide bonds. The summed E-state index contributed by atoms with van der Waals surface area (Å²) in [5.74, 6) is -2.33. The molecule has 1 saturated heterocycles. The zero-order valence-electron chi connectivity index (χ0n) is 33.9. The van der Waals surface area contributed by atoms with Gasteiger partial charge in [0.1, 0.15) is 17.2 Å². The summed E-state index contributed by atoms with van der Waals surface area (Å²) >= 11 is 0. The number of aryl methyl sites for hydroxylation is 1. The van der Waals surface area contributed by atoms with Crippen molar-refractivity contribution < 1.29 is 47.7 Å². The average molecular weight is 766 g/mol. The van der Waals surface area contributed by atoms with Gasteiger partial charge >= 0.3 is 12.1 Å². The fraction of sp³-hybridized carbons (Fsp3) is 0.571. The highest BCUT2D eigenvalue weighted by Gasteiger charge is 2.55. The Morgan fingerprint density at radius 2 is 1.44 bits per heavy atom. The summed E-state index contributed by atoms with van der Waals surface area (Å²) in [6.45, 7) is 12.8. The molecule has 2 atom stereocenters. The van der Waals surface area contributed by atoms with Gasteiger partial charge in [0.05, 0.1) is 12.8 Å². The van der Waals surface area contributed by atoms with Crippen LogP contribution in [0.4, 0.5) is 16.2 Å². The molecular formula is C42H59N3O10. The molecule has 55 heavy (non-hydrogen) atoms. The third kappa shape index (κ3) is 12.8. The number of anilines is 2. The molecule has 1 aliphatic rings. The van der Waals surface area contributed by atoms with Gasteiger partial charge in [0.2, 0.25) is 0 Å². The van der Waals surface area contributed by atoms with E-state index in [2.05, 4.69) is 17.6 Å². The molecule has 13 heteroatoms. The van der Waals surface area contributed by atoms with E-state index in [0.717, 1.165) is 25.7 Å². The number of amides is 4. The van der Waals surface area contributed by atoms with Crippen LogP contribution < -0.4 is 24.8 Å². The van der Waals surface area contributed by atoms with Crippen LogP contribution in [0.5, 0.6) is 17.2 Å². The minimum absolute atomic E-state index is 0.0835. The molecule has 0 aliphatic carbocycles. The average Bonchev–Trinajstić information content (AvgIpc) is 3.30. The molecule has 2 N–H and O–H groups in total. The van der Waals surface area contributed by atoms with Gasteiger partial charge in [-0.25, -0.2) is 9.69 Å². The number of benzene rings is 2. The normalized spacial score (nSPS) is 14.8. The van der Waals surface area contributed by atoms with E-state index < -0.39 is 58.7 Å². The third-order valence-electron chi connectivity index (χ3n) is 9.28. The van der Waals surface area contributed by atoms with Crippen molar-refractivity contribution in [2.45, 2.75) is 144 Å². The fourth-order valence-corrected chi connectivity index (χ4v) is 6.17. The molecule has 0 radical (unpaired) electrons. The van der Waals surface area contributed by atoms with E-state index in [1.165, 1.54) is 78.5 Å². The molecule has 302 valence electrons. The van der Waals surface area contributed by atoms with Crippen molar-refractivity contribution in [2.75, 3.05) is 17.7 Å². The van der Waals surface area contributed by atoms with Crippen LogP contribution >= 0.6 is 0 Å². The quantitative estimate of drug-likeness (QED) is 0.0546. The Labute approximate surface area is 325 Å². The Hall–Kier alpha value is -4.94. The van der Waals surface area contributed by atoms with Gasteiger partial charge in [0, 0.05) is 18.0 Å². The van der Waals surface area contributed by atoms with Gasteiger partial charge in [-0.3, -0.25) is 24.0 Å². The zero-order valence-corrected chi connectivity index (χ0v) is 33.9. The van der Waals surface area contributed by atoms with Gasteiger partial charge in [0.25, 0.3) is 17.7 Å². The molecule has 1 heterocycles. The monoisotopic (exact) mass is 765 g/mol. The number of carbonyl (C=O) groups excluding carboxylic acids is 6. The van der Waals surface area contributed by atoms with Crippen LogP contribution in [-0.4, -0.2) is 65.3 Å². The lowest BCUT2D eigenvalue weighted by Crippen LogP contribution is -2.55. The summed E-state index contributed by atoms with van der Waals surface area (Å²) in [7, 11) is 1.38. The summed E-state index contributed by atoms with van der Waals surface area (Å²) in [4.78, 5) is 79.4. The number of Topliss-reactive ketones (excluding diaryl/α,β-unsaturated/α-hetero) is 1. The van der Waals surface area contributed by atoms with E-state index in [1.54, 1.807) is 52.0 Å². The maximum atomic E-state index is 13.9. The minimum Gasteiger partial charge on any atom is -0.495 e. The number of methoxy groups -OCH3 is 1. The Bertz CT molecular complexity index is 1700. The Balaban J connectivity index is 1.81. The van der Waals surface area contributed by atoms with Gasteiger partial charge in [-0.1, -0.05) is 85.5 Å². The van der Waals surface area contributed by atoms with Crippen molar-refractivity contribution >= 4 is 46.9 Å². The highest BCUT2D eigenvalue weighted by molar-refractivity contribution is 6.19. The number of esters is 1. The van der Waals surface area contributed by atoms with Crippen LogP contribution in [0.1, 0.15) is 125 Å². The number of hydrogen-bond donors (Lipinski definition) is 2. The van der Waals surface area contributed by atoms with Crippen molar-refractivity contribution in [3.05, 3.63) is 42.0 Å². The third-order valence-corrected chi connectivity index (χ3v) is 9.28. The lowest BCUT2D eigenvalue weighted by molar-refractivity contribution is -0.145. The number of carbonyl (C=O) groups is 6. The van der Waals surface area contributed by atoms with Gasteiger partial charge < -0.3 is 29.6 Å². The van der Waals surface area contributed by atoms with Crippen LogP contribution in [0.15, 0.2) is 36.4 Å². The number of rotatable bonds is 21. The fourth-order valence-electron chi connectivity index (χ4n) is 6.17. The van der Waals surface area contributed by atoms with Gasteiger partial charge in [-0.05, 0) is 75.6 Å². The van der Waals surface area contributed by atoms with E-state index in [1.807, 2.05) is 0 Å². The molecule has 0 aromatic heterocycles. The first-order valence-corrected chi connectivity index (χ1v) is 19.3. The van der Waals surface area contributed by atoms with E-state index in [0.29, 0.717) is 28.4 Å². The molecule has 0 saturated carbocycles. The molecule has 0 bridgehead atoms. The Morgan fingerprint density at radius 3 is 1.96 bits per heavy atom. The largest absolute Gasteiger partial charge is 0.495 e. The number of nitrogens with one attached hydrogen (secondary N) is 2. The van der Waals surface area contributed by atoms with Crippen LogP contribution in [0.2, 0.25) is 0 Å². The second-order valence-electron chi connectivity index (χ2n) is 15.6. The number of unbranched alkanes of at least 4 members (excludes halogenated alkanes) is 9. The highest BCUT2D eigenvalue weighted by atomic mass is 16.6. The zero-order chi connectivity index (χ0) is 40.9. The molecule has 0 spiro atoms. The summed E-state index contributed by atoms with van der Waals surface area (Å²) in [6, 6.07) is 7.70. The first-order valence-electron chi connectivity index (χ1n) is 19.3. The van der Waals surface area contributed by atoms with Crippen molar-refractivity contribution in [2.24, 2.45) is 5.41 Å². The number of ketones is 1. The van der Waals surface area contributed by atoms with Crippen LogP contribution in [0.3, 0.4) is 0 Å². The topological polar surface area (TPSA) is 167 Å². The summed E-state index contributed by atoms with van der Waals surface area (Å²) in [5, 5.41) is 5.51. The summed E-state index contributed by atoms with van der Waals surface area (Å²) in [6.07, 6.45) is 9.77. The van der Waals surface area contributed by atoms with Crippen molar-refractivity contribution in [3.8, 4) is 17.2 Å². The smallest absolute Gasteiger partial charge is 0.418 e. The second kappa shape index (κ2) is 20.1. The molecule has 1 fully saturated rings. The lowest BCUT2D eigenvalue weighted by atomic mass is 9.85. The molecule has 2 aromatic carbocycles. The van der Waals surface area contributed by atoms with E-state index >= 15 is 0 Å². The number of ether oxygens (including phenoxy) is 4. The molecule has 2 aromatic rings. The second-order valence-corrected chi connectivity index (χ2v) is 15.6. The Morgan fingerprint density at radius 1 is 0.836 bits per heavy atom. The van der Waals surface area contributed by atoms with E-state index in [4.69, 9.17) is 18.9 Å². The van der Waals surface area contributed by atoms with E-state index in [-0.39, 0.29) is 17.1 Å². The lowest BCUT2D eigenvalue weighted by Gasteiger charge is -2.28. The Kier molecular flexibility index (Phi) is 16.3. The molecular weight excluding hydrogens is 706 g/mol. The molecule has 2 unspecified atom stereocenters. The molecule has 13 nitrogen and oxygen atoms in total. The van der Waals surface area contributed by atoms with Gasteiger partial charge in [0.15, 0.2) is 23.5 Å². The summed E-state index contributed by atoms with van der Waals surface area (Å²) in [5.41, 5.74) is -1.64. The maximum absolute atomic E-state index is 13.9. The van der Waals surface area contributed by atoms with Crippen LogP contribution in [0, 0.1) is 12.3 Å². The maximum Gasteiger partial charge on any atom is 0.418 e. The predicted molar refractivity (Wildman–Crippen MR) is 209 cm³/mol. The minimum atomic E-state index is -1.83. The van der Waals surface area contributed by atoms with Gasteiger partial charge in [-0.15, -0.1) is 0 Å². The number of hydrogen-bond acceptors (Lipinski definition) is 10. The first-order chi connectivity index (χ1) is 25.9. The van der Waals surface area contributed by atoms with Crippen molar-refractivity contribution in [1.29, 1.82) is 0 Å². The summed E-state index contributed by atoms with van der Waals surface area (Å²) < 4.78 is 22.1. The van der Waals surface area contributed by atoms with Crippen LogP contribution in [-0.2, 0) is 28.7 Å². The number of cyclic esters (lactones) is 1. The molecule has 1 aliphatic heterocycles.